The number of carbonyl (C=O) groups excluding carboxylic acids is 1. The Morgan fingerprint density at radius 1 is 1.14 bits per heavy atom. The molecular weight excluding hydrogens is 356 g/mol. The molecule has 28 heavy (non-hydrogen) atoms. The van der Waals surface area contributed by atoms with Crippen LogP contribution in [0.5, 0.6) is 0 Å². The zero-order valence-electron chi connectivity index (χ0n) is 16.2. The van der Waals surface area contributed by atoms with Crippen LogP contribution in [-0.4, -0.2) is 43.1 Å². The van der Waals surface area contributed by atoms with Crippen molar-refractivity contribution in [3.63, 3.8) is 0 Å². The van der Waals surface area contributed by atoms with Crippen LogP contribution in [0.3, 0.4) is 0 Å². The summed E-state index contributed by atoms with van der Waals surface area (Å²) in [5, 5.41) is 7.60. The summed E-state index contributed by atoms with van der Waals surface area (Å²) in [6.07, 6.45) is 3.18. The van der Waals surface area contributed by atoms with Crippen molar-refractivity contribution in [3.05, 3.63) is 52.1 Å². The molecule has 1 aliphatic heterocycles. The van der Waals surface area contributed by atoms with Crippen molar-refractivity contribution in [1.29, 1.82) is 0 Å². The van der Waals surface area contributed by atoms with Crippen LogP contribution < -0.4 is 11.0 Å². The monoisotopic (exact) mass is 380 g/mol. The molecule has 0 spiro atoms. The van der Waals surface area contributed by atoms with Crippen LogP contribution in [0.25, 0.3) is 5.65 Å². The minimum absolute atomic E-state index is 0.0522. The second-order valence-electron chi connectivity index (χ2n) is 7.24. The fraction of sp³-hybridized carbons (Fsp3) is 0.400. The number of rotatable bonds is 4. The van der Waals surface area contributed by atoms with E-state index in [4.69, 9.17) is 0 Å². The fourth-order valence-corrected chi connectivity index (χ4v) is 3.55. The van der Waals surface area contributed by atoms with Crippen LogP contribution in [0.15, 0.2) is 35.1 Å². The van der Waals surface area contributed by atoms with Crippen molar-refractivity contribution in [2.45, 2.75) is 39.7 Å². The number of aryl methyl sites for hydroxylation is 2. The molecule has 1 aliphatic rings. The van der Waals surface area contributed by atoms with Gasteiger partial charge in [0.25, 0.3) is 0 Å². The van der Waals surface area contributed by atoms with E-state index in [1.165, 1.54) is 9.08 Å². The van der Waals surface area contributed by atoms with Crippen molar-refractivity contribution in [2.24, 2.45) is 0 Å². The zero-order valence-corrected chi connectivity index (χ0v) is 16.2. The SMILES string of the molecule is Cc1cc2nn(CC(=O)N3CCCCC3)c(=O)n2c(Nc2ccccc2C)n1. The second-order valence-corrected chi connectivity index (χ2v) is 7.24. The van der Waals surface area contributed by atoms with Crippen molar-refractivity contribution in [2.75, 3.05) is 18.4 Å². The average molecular weight is 380 g/mol. The molecule has 1 aromatic carbocycles. The largest absolute Gasteiger partial charge is 0.353 e. The van der Waals surface area contributed by atoms with Crippen LogP contribution in [0, 0.1) is 13.8 Å². The van der Waals surface area contributed by atoms with Gasteiger partial charge in [-0.3, -0.25) is 4.79 Å². The Labute approximate surface area is 162 Å². The van der Waals surface area contributed by atoms with Gasteiger partial charge in [0.15, 0.2) is 5.65 Å². The Bertz CT molecular complexity index is 1080. The first kappa shape index (κ1) is 18.2. The number of nitrogens with zero attached hydrogens (tertiary/aromatic N) is 5. The predicted molar refractivity (Wildman–Crippen MR) is 107 cm³/mol. The van der Waals surface area contributed by atoms with E-state index in [0.717, 1.165) is 49.3 Å². The van der Waals surface area contributed by atoms with Crippen molar-refractivity contribution < 1.29 is 4.79 Å². The van der Waals surface area contributed by atoms with E-state index >= 15 is 0 Å². The number of aromatic nitrogens is 4. The summed E-state index contributed by atoms with van der Waals surface area (Å²) in [5.41, 5.74) is 2.75. The molecule has 1 amide bonds. The summed E-state index contributed by atoms with van der Waals surface area (Å²) in [5.74, 6) is 0.328. The number of amides is 1. The number of hydrogen-bond acceptors (Lipinski definition) is 5. The fourth-order valence-electron chi connectivity index (χ4n) is 3.55. The molecule has 8 nitrogen and oxygen atoms in total. The summed E-state index contributed by atoms with van der Waals surface area (Å²) in [6, 6.07) is 9.54. The first-order valence-corrected chi connectivity index (χ1v) is 9.60. The smallest absolute Gasteiger partial charge is 0.341 e. The Kier molecular flexibility index (Phi) is 4.85. The number of nitrogens with one attached hydrogen (secondary N) is 1. The van der Waals surface area contributed by atoms with Gasteiger partial charge in [0, 0.05) is 30.5 Å². The maximum Gasteiger partial charge on any atom is 0.353 e. The Morgan fingerprint density at radius 2 is 1.89 bits per heavy atom. The van der Waals surface area contributed by atoms with Crippen molar-refractivity contribution in [3.8, 4) is 0 Å². The van der Waals surface area contributed by atoms with Crippen molar-refractivity contribution in [1.82, 2.24) is 24.1 Å². The lowest BCUT2D eigenvalue weighted by molar-refractivity contribution is -0.133. The molecule has 146 valence electrons. The average Bonchev–Trinajstić information content (AvgIpc) is 2.99. The predicted octanol–water partition coefficient (Wildman–Crippen LogP) is 2.26. The minimum atomic E-state index is -0.371. The van der Waals surface area contributed by atoms with Gasteiger partial charge in [-0.2, -0.15) is 0 Å². The maximum atomic E-state index is 13.0. The quantitative estimate of drug-likeness (QED) is 0.751. The lowest BCUT2D eigenvalue weighted by Gasteiger charge is -2.26. The summed E-state index contributed by atoms with van der Waals surface area (Å²) in [4.78, 5) is 31.8. The summed E-state index contributed by atoms with van der Waals surface area (Å²) >= 11 is 0. The number of para-hydroxylation sites is 1. The maximum absolute atomic E-state index is 13.0. The molecule has 0 unspecified atom stereocenters. The third kappa shape index (κ3) is 3.49. The lowest BCUT2D eigenvalue weighted by Crippen LogP contribution is -2.39. The lowest BCUT2D eigenvalue weighted by atomic mass is 10.1. The van der Waals surface area contributed by atoms with Gasteiger partial charge in [-0.25, -0.2) is 18.9 Å². The third-order valence-electron chi connectivity index (χ3n) is 5.08. The van der Waals surface area contributed by atoms with Crippen LogP contribution in [-0.2, 0) is 11.3 Å². The van der Waals surface area contributed by atoms with E-state index in [9.17, 15) is 9.59 Å². The first-order valence-electron chi connectivity index (χ1n) is 9.60. The Hall–Kier alpha value is -3.16. The van der Waals surface area contributed by atoms with Gasteiger partial charge in [0.2, 0.25) is 11.9 Å². The van der Waals surface area contributed by atoms with E-state index in [-0.39, 0.29) is 18.1 Å². The van der Waals surface area contributed by atoms with Gasteiger partial charge in [-0.1, -0.05) is 18.2 Å². The Balaban J connectivity index is 1.69. The number of fused-ring (bicyclic) bond motifs is 1. The number of benzene rings is 1. The molecule has 1 N–H and O–H groups in total. The topological polar surface area (TPSA) is 84.5 Å². The van der Waals surface area contributed by atoms with Crippen molar-refractivity contribution >= 4 is 23.2 Å². The minimum Gasteiger partial charge on any atom is -0.341 e. The van der Waals surface area contributed by atoms with Gasteiger partial charge in [0.05, 0.1) is 0 Å². The molecule has 4 rings (SSSR count). The molecule has 0 saturated carbocycles. The molecule has 2 aromatic heterocycles. The number of likely N-dealkylation sites (tertiary alicyclic amines) is 1. The number of hydrogen-bond donors (Lipinski definition) is 1. The normalized spacial score (nSPS) is 14.4. The van der Waals surface area contributed by atoms with E-state index in [1.807, 2.05) is 43.0 Å². The van der Waals surface area contributed by atoms with Crippen LogP contribution >= 0.6 is 0 Å². The van der Waals surface area contributed by atoms with E-state index in [2.05, 4.69) is 15.4 Å². The number of carbonyl (C=O) groups is 1. The summed E-state index contributed by atoms with van der Waals surface area (Å²) in [7, 11) is 0. The van der Waals surface area contributed by atoms with E-state index < -0.39 is 0 Å². The molecule has 0 bridgehead atoms. The van der Waals surface area contributed by atoms with E-state index in [0.29, 0.717) is 11.6 Å². The molecule has 3 heterocycles. The molecular formula is C20H24N6O2. The molecule has 0 radical (unpaired) electrons. The van der Waals surface area contributed by atoms with E-state index in [1.54, 1.807) is 6.07 Å². The van der Waals surface area contributed by atoms with Gasteiger partial charge in [-0.15, -0.1) is 5.10 Å². The van der Waals surface area contributed by atoms with Gasteiger partial charge < -0.3 is 10.2 Å². The number of piperidine rings is 1. The summed E-state index contributed by atoms with van der Waals surface area (Å²) < 4.78 is 2.65. The van der Waals surface area contributed by atoms with Gasteiger partial charge >= 0.3 is 5.69 Å². The molecule has 0 aliphatic carbocycles. The van der Waals surface area contributed by atoms with Crippen LogP contribution in [0.1, 0.15) is 30.5 Å². The first-order chi connectivity index (χ1) is 13.5. The summed E-state index contributed by atoms with van der Waals surface area (Å²) in [6.45, 7) is 5.29. The molecule has 1 saturated heterocycles. The highest BCUT2D eigenvalue weighted by Gasteiger charge is 2.20. The molecule has 1 fully saturated rings. The number of anilines is 2. The van der Waals surface area contributed by atoms with Crippen LogP contribution in [0.2, 0.25) is 0 Å². The molecule has 8 heteroatoms. The third-order valence-corrected chi connectivity index (χ3v) is 5.08. The highest BCUT2D eigenvalue weighted by molar-refractivity contribution is 5.76. The van der Waals surface area contributed by atoms with Gasteiger partial charge in [0.1, 0.15) is 6.54 Å². The second kappa shape index (κ2) is 7.46. The zero-order chi connectivity index (χ0) is 19.7. The standard InChI is InChI=1S/C20H24N6O2/c1-14-8-4-5-9-16(14)22-19-21-15(2)12-17-23-25(20(28)26(17)19)13-18(27)24-10-6-3-7-11-24/h4-5,8-9,12H,3,6-7,10-11,13H2,1-2H3,(H,21,22). The molecule has 0 atom stereocenters. The van der Waals surface area contributed by atoms with Gasteiger partial charge in [-0.05, 0) is 44.7 Å². The highest BCUT2D eigenvalue weighted by atomic mass is 16.2. The highest BCUT2D eigenvalue weighted by Crippen LogP contribution is 2.19. The molecule has 3 aromatic rings. The Morgan fingerprint density at radius 3 is 2.64 bits per heavy atom. The van der Waals surface area contributed by atoms with Crippen LogP contribution in [0.4, 0.5) is 11.6 Å².